The molecule has 1 aliphatic heterocycles. The number of β-amino-alcohol motifs (C(OH)–C–C–N with tert-alkyl or cyclic N) is 1. The zero-order valence-electron chi connectivity index (χ0n) is 13.6. The van der Waals surface area contributed by atoms with E-state index in [1.165, 1.54) is 29.5 Å². The van der Waals surface area contributed by atoms with Gasteiger partial charge in [-0.1, -0.05) is 54.6 Å². The van der Waals surface area contributed by atoms with Crippen molar-refractivity contribution in [2.45, 2.75) is 31.3 Å². The van der Waals surface area contributed by atoms with Crippen molar-refractivity contribution < 1.29 is 5.11 Å². The van der Waals surface area contributed by atoms with Gasteiger partial charge in [-0.15, -0.1) is 0 Å². The monoisotopic (exact) mass is 307 g/mol. The highest BCUT2D eigenvalue weighted by molar-refractivity contribution is 5.63. The number of rotatable bonds is 5. The number of hydrogen-bond acceptors (Lipinski definition) is 2. The second-order valence-corrected chi connectivity index (χ2v) is 7.12. The van der Waals surface area contributed by atoms with E-state index in [-0.39, 0.29) is 6.10 Å². The Morgan fingerprint density at radius 2 is 1.70 bits per heavy atom. The van der Waals surface area contributed by atoms with Crippen LogP contribution in [-0.2, 0) is 0 Å². The van der Waals surface area contributed by atoms with Crippen molar-refractivity contribution in [3.05, 3.63) is 60.2 Å². The molecule has 2 heteroatoms. The summed E-state index contributed by atoms with van der Waals surface area (Å²) in [5.74, 6) is 1.60. The summed E-state index contributed by atoms with van der Waals surface area (Å²) in [5, 5.41) is 9.59. The normalized spacial score (nSPS) is 27.3. The maximum Gasteiger partial charge on any atom is 0.0679 e. The third-order valence-electron chi connectivity index (χ3n) is 5.43. The number of likely N-dealkylation sites (tertiary alicyclic amines) is 1. The SMILES string of the molecule is O[C@@H]1CCN(CC[C@H]2C[C@@H]2c2ccc(-c3ccccc3)cc2)C1. The lowest BCUT2D eigenvalue weighted by Crippen LogP contribution is -2.23. The van der Waals surface area contributed by atoms with Crippen LogP contribution in [0.2, 0.25) is 0 Å². The minimum atomic E-state index is -0.0875. The van der Waals surface area contributed by atoms with Crippen molar-refractivity contribution >= 4 is 0 Å². The van der Waals surface area contributed by atoms with Crippen molar-refractivity contribution in [1.82, 2.24) is 4.90 Å². The number of aliphatic hydroxyl groups is 1. The van der Waals surface area contributed by atoms with Crippen molar-refractivity contribution in [3.63, 3.8) is 0 Å². The standard InChI is InChI=1S/C21H25NO/c23-20-11-13-22(15-20)12-10-19-14-21(19)18-8-6-17(7-9-18)16-4-2-1-3-5-16/h1-9,19-21,23H,10-15H2/t19-,20+,21+/m0/s1. The second kappa shape index (κ2) is 6.46. The van der Waals surface area contributed by atoms with Crippen LogP contribution < -0.4 is 0 Å². The van der Waals surface area contributed by atoms with Gasteiger partial charge in [0.25, 0.3) is 0 Å². The fourth-order valence-corrected chi connectivity index (χ4v) is 3.89. The molecule has 1 heterocycles. The van der Waals surface area contributed by atoms with Crippen LogP contribution in [0.1, 0.15) is 30.7 Å². The average molecular weight is 307 g/mol. The lowest BCUT2D eigenvalue weighted by Gasteiger charge is -2.14. The van der Waals surface area contributed by atoms with E-state index in [2.05, 4.69) is 59.5 Å². The molecule has 1 saturated heterocycles. The van der Waals surface area contributed by atoms with E-state index in [1.807, 2.05) is 0 Å². The number of aliphatic hydroxyl groups excluding tert-OH is 1. The highest BCUT2D eigenvalue weighted by Gasteiger charge is 2.38. The van der Waals surface area contributed by atoms with Gasteiger partial charge >= 0.3 is 0 Å². The van der Waals surface area contributed by atoms with Gasteiger partial charge in [-0.3, -0.25) is 0 Å². The Balaban J connectivity index is 1.32. The summed E-state index contributed by atoms with van der Waals surface area (Å²) < 4.78 is 0. The molecule has 3 atom stereocenters. The van der Waals surface area contributed by atoms with Gasteiger partial charge in [0, 0.05) is 13.1 Å². The lowest BCUT2D eigenvalue weighted by atomic mass is 10.0. The van der Waals surface area contributed by atoms with Crippen molar-refractivity contribution in [1.29, 1.82) is 0 Å². The van der Waals surface area contributed by atoms with E-state index in [9.17, 15) is 5.11 Å². The smallest absolute Gasteiger partial charge is 0.0679 e. The molecule has 2 nitrogen and oxygen atoms in total. The fourth-order valence-electron chi connectivity index (χ4n) is 3.89. The summed E-state index contributed by atoms with van der Waals surface area (Å²) in [4.78, 5) is 2.42. The van der Waals surface area contributed by atoms with Crippen molar-refractivity contribution in [3.8, 4) is 11.1 Å². The van der Waals surface area contributed by atoms with Crippen LogP contribution in [-0.4, -0.2) is 35.7 Å². The first-order valence-corrected chi connectivity index (χ1v) is 8.85. The molecule has 0 spiro atoms. The van der Waals surface area contributed by atoms with Gasteiger partial charge in [0.2, 0.25) is 0 Å². The fraction of sp³-hybridized carbons (Fsp3) is 0.429. The maximum atomic E-state index is 9.59. The molecule has 2 aromatic carbocycles. The van der Waals surface area contributed by atoms with Crippen molar-refractivity contribution in [2.24, 2.45) is 5.92 Å². The first-order chi connectivity index (χ1) is 11.3. The first-order valence-electron chi connectivity index (χ1n) is 8.85. The molecular formula is C21H25NO. The van der Waals surface area contributed by atoms with Gasteiger partial charge in [-0.05, 0) is 54.3 Å². The zero-order chi connectivity index (χ0) is 15.6. The summed E-state index contributed by atoms with van der Waals surface area (Å²) in [7, 11) is 0. The number of benzene rings is 2. The lowest BCUT2D eigenvalue weighted by molar-refractivity contribution is 0.175. The van der Waals surface area contributed by atoms with E-state index in [0.29, 0.717) is 0 Å². The van der Waals surface area contributed by atoms with Gasteiger partial charge in [0.1, 0.15) is 0 Å². The summed E-state index contributed by atoms with van der Waals surface area (Å²) in [5.41, 5.74) is 4.09. The Hall–Kier alpha value is -1.64. The highest BCUT2D eigenvalue weighted by Crippen LogP contribution is 2.49. The van der Waals surface area contributed by atoms with Crippen molar-refractivity contribution in [2.75, 3.05) is 19.6 Å². The first kappa shape index (κ1) is 14.9. The Morgan fingerprint density at radius 1 is 0.957 bits per heavy atom. The molecular weight excluding hydrogens is 282 g/mol. The van der Waals surface area contributed by atoms with Gasteiger partial charge in [0.15, 0.2) is 0 Å². The van der Waals surface area contributed by atoms with E-state index in [0.717, 1.165) is 37.9 Å². The van der Waals surface area contributed by atoms with Crippen LogP contribution in [0.3, 0.4) is 0 Å². The molecule has 2 fully saturated rings. The minimum Gasteiger partial charge on any atom is -0.392 e. The molecule has 0 radical (unpaired) electrons. The van der Waals surface area contributed by atoms with Crippen LogP contribution in [0.15, 0.2) is 54.6 Å². The van der Waals surface area contributed by atoms with E-state index in [4.69, 9.17) is 0 Å². The quantitative estimate of drug-likeness (QED) is 0.905. The molecule has 23 heavy (non-hydrogen) atoms. The molecule has 0 amide bonds. The molecule has 2 aliphatic rings. The van der Waals surface area contributed by atoms with Gasteiger partial charge < -0.3 is 10.0 Å². The van der Waals surface area contributed by atoms with Gasteiger partial charge in [-0.25, -0.2) is 0 Å². The summed E-state index contributed by atoms with van der Waals surface area (Å²) >= 11 is 0. The molecule has 0 bridgehead atoms. The molecule has 4 rings (SSSR count). The Morgan fingerprint density at radius 3 is 2.39 bits per heavy atom. The summed E-state index contributed by atoms with van der Waals surface area (Å²) in [6, 6.07) is 19.7. The van der Waals surface area contributed by atoms with Crippen LogP contribution in [0, 0.1) is 5.92 Å². The van der Waals surface area contributed by atoms with E-state index in [1.54, 1.807) is 0 Å². The molecule has 0 aromatic heterocycles. The van der Waals surface area contributed by atoms with Crippen LogP contribution >= 0.6 is 0 Å². The third kappa shape index (κ3) is 3.49. The topological polar surface area (TPSA) is 23.5 Å². The van der Waals surface area contributed by atoms with E-state index >= 15 is 0 Å². The molecule has 2 aromatic rings. The maximum absolute atomic E-state index is 9.59. The highest BCUT2D eigenvalue weighted by atomic mass is 16.3. The van der Waals surface area contributed by atoms with Crippen LogP contribution in [0.4, 0.5) is 0 Å². The predicted octanol–water partition coefficient (Wildman–Crippen LogP) is 3.91. The van der Waals surface area contributed by atoms with Gasteiger partial charge in [-0.2, -0.15) is 0 Å². The average Bonchev–Trinajstić information content (AvgIpc) is 3.27. The number of hydrogen-bond donors (Lipinski definition) is 1. The Bertz CT molecular complexity index is 637. The third-order valence-corrected chi connectivity index (χ3v) is 5.43. The molecule has 1 N–H and O–H groups in total. The van der Waals surface area contributed by atoms with Gasteiger partial charge in [0.05, 0.1) is 6.10 Å². The van der Waals surface area contributed by atoms with Crippen LogP contribution in [0.25, 0.3) is 11.1 Å². The Labute approximate surface area is 138 Å². The predicted molar refractivity (Wildman–Crippen MR) is 94.4 cm³/mol. The molecule has 0 unspecified atom stereocenters. The summed E-state index contributed by atoms with van der Waals surface area (Å²) in [6.45, 7) is 3.10. The zero-order valence-corrected chi connectivity index (χ0v) is 13.6. The minimum absolute atomic E-state index is 0.0875. The molecule has 120 valence electrons. The Kier molecular flexibility index (Phi) is 4.19. The molecule has 1 saturated carbocycles. The van der Waals surface area contributed by atoms with E-state index < -0.39 is 0 Å². The van der Waals surface area contributed by atoms with Crippen LogP contribution in [0.5, 0.6) is 0 Å². The molecule has 1 aliphatic carbocycles. The largest absolute Gasteiger partial charge is 0.392 e. The number of nitrogens with zero attached hydrogens (tertiary/aromatic N) is 1. The summed E-state index contributed by atoms with van der Waals surface area (Å²) in [6.07, 6.45) is 3.48. The second-order valence-electron chi connectivity index (χ2n) is 7.12.